The highest BCUT2D eigenvalue weighted by Crippen LogP contribution is 2.28. The maximum Gasteiger partial charge on any atom is 0.0434 e. The van der Waals surface area contributed by atoms with Gasteiger partial charge in [-0.3, -0.25) is 0 Å². The molecule has 0 spiro atoms. The van der Waals surface area contributed by atoms with E-state index in [0.29, 0.717) is 0 Å². The third-order valence-electron chi connectivity index (χ3n) is 2.30. The van der Waals surface area contributed by atoms with E-state index in [9.17, 15) is 0 Å². The molecule has 78 valence electrons. The Morgan fingerprint density at radius 2 is 1.80 bits per heavy atom. The van der Waals surface area contributed by atoms with Crippen LogP contribution < -0.4 is 0 Å². The average Bonchev–Trinajstić information content (AvgIpc) is 2.76. The minimum absolute atomic E-state index is 0.276. The Labute approximate surface area is 94.0 Å². The number of hydrogen-bond acceptors (Lipinski definition) is 2. The summed E-state index contributed by atoms with van der Waals surface area (Å²) in [7, 11) is 0. The molecule has 0 atom stereocenters. The maximum atomic E-state index is 8.76. The van der Waals surface area contributed by atoms with E-state index in [2.05, 4.69) is 36.4 Å². The highest BCUT2D eigenvalue weighted by Gasteiger charge is 2.01. The van der Waals surface area contributed by atoms with Gasteiger partial charge in [-0.05, 0) is 30.5 Å². The van der Waals surface area contributed by atoms with Crippen LogP contribution in [0.25, 0.3) is 10.4 Å². The van der Waals surface area contributed by atoms with Gasteiger partial charge in [-0.2, -0.15) is 0 Å². The van der Waals surface area contributed by atoms with Crippen LogP contribution >= 0.6 is 11.3 Å². The van der Waals surface area contributed by atoms with Crippen LogP contribution in [0.15, 0.2) is 42.5 Å². The SMILES string of the molecule is OCCCc1ccc(-c2ccccc2)s1. The van der Waals surface area contributed by atoms with Gasteiger partial charge in [-0.25, -0.2) is 0 Å². The van der Waals surface area contributed by atoms with Crippen LogP contribution in [-0.2, 0) is 6.42 Å². The molecule has 0 bridgehead atoms. The number of hydrogen-bond donors (Lipinski definition) is 1. The van der Waals surface area contributed by atoms with E-state index in [4.69, 9.17) is 5.11 Å². The van der Waals surface area contributed by atoms with E-state index in [1.165, 1.54) is 15.3 Å². The molecule has 2 rings (SSSR count). The standard InChI is InChI=1S/C13H14OS/c14-10-4-7-12-8-9-13(15-12)11-5-2-1-3-6-11/h1-3,5-6,8-9,14H,4,7,10H2. The van der Waals surface area contributed by atoms with Crippen molar-refractivity contribution in [1.82, 2.24) is 0 Å². The van der Waals surface area contributed by atoms with E-state index < -0.39 is 0 Å². The highest BCUT2D eigenvalue weighted by atomic mass is 32.1. The second-order valence-electron chi connectivity index (χ2n) is 3.46. The molecule has 2 heteroatoms. The lowest BCUT2D eigenvalue weighted by molar-refractivity contribution is 0.289. The summed E-state index contributed by atoms with van der Waals surface area (Å²) in [6.07, 6.45) is 1.84. The van der Waals surface area contributed by atoms with Crippen molar-refractivity contribution in [3.05, 3.63) is 47.3 Å². The fourth-order valence-electron chi connectivity index (χ4n) is 1.52. The second kappa shape index (κ2) is 5.10. The molecular weight excluding hydrogens is 204 g/mol. The molecule has 15 heavy (non-hydrogen) atoms. The summed E-state index contributed by atoms with van der Waals surface area (Å²) in [5.74, 6) is 0. The molecular formula is C13H14OS. The van der Waals surface area contributed by atoms with Crippen LogP contribution in [0.3, 0.4) is 0 Å². The molecule has 1 N–H and O–H groups in total. The zero-order valence-corrected chi connectivity index (χ0v) is 9.33. The van der Waals surface area contributed by atoms with Gasteiger partial charge >= 0.3 is 0 Å². The molecule has 1 heterocycles. The summed E-state index contributed by atoms with van der Waals surface area (Å²) >= 11 is 1.81. The lowest BCUT2D eigenvalue weighted by Crippen LogP contribution is -1.84. The Hall–Kier alpha value is -1.12. The fraction of sp³-hybridized carbons (Fsp3) is 0.231. The van der Waals surface area contributed by atoms with Crippen molar-refractivity contribution in [3.8, 4) is 10.4 Å². The maximum absolute atomic E-state index is 8.76. The average molecular weight is 218 g/mol. The Morgan fingerprint density at radius 3 is 2.53 bits per heavy atom. The first-order valence-electron chi connectivity index (χ1n) is 5.15. The minimum Gasteiger partial charge on any atom is -0.396 e. The molecule has 0 aliphatic carbocycles. The molecule has 0 saturated carbocycles. The van der Waals surface area contributed by atoms with Gasteiger partial charge in [0.2, 0.25) is 0 Å². The van der Waals surface area contributed by atoms with Gasteiger partial charge in [-0.1, -0.05) is 30.3 Å². The number of rotatable bonds is 4. The number of benzene rings is 1. The van der Waals surface area contributed by atoms with E-state index in [1.54, 1.807) is 0 Å². The van der Waals surface area contributed by atoms with Crippen LogP contribution in [0, 0.1) is 0 Å². The summed E-state index contributed by atoms with van der Waals surface area (Å²) in [5.41, 5.74) is 1.28. The first kappa shape index (κ1) is 10.4. The zero-order valence-electron chi connectivity index (χ0n) is 8.52. The summed E-state index contributed by atoms with van der Waals surface area (Å²) in [5, 5.41) is 8.76. The van der Waals surface area contributed by atoms with Crippen LogP contribution in [-0.4, -0.2) is 11.7 Å². The number of aliphatic hydroxyl groups excluding tert-OH is 1. The van der Waals surface area contributed by atoms with Crippen LogP contribution in [0.4, 0.5) is 0 Å². The van der Waals surface area contributed by atoms with Gasteiger partial charge < -0.3 is 5.11 Å². The first-order chi connectivity index (χ1) is 7.40. The zero-order chi connectivity index (χ0) is 10.5. The Balaban J connectivity index is 2.14. The quantitative estimate of drug-likeness (QED) is 0.834. The van der Waals surface area contributed by atoms with Crippen molar-refractivity contribution < 1.29 is 5.11 Å². The third-order valence-corrected chi connectivity index (χ3v) is 3.50. The van der Waals surface area contributed by atoms with E-state index in [0.717, 1.165) is 12.8 Å². The lowest BCUT2D eigenvalue weighted by Gasteiger charge is -1.95. The third kappa shape index (κ3) is 2.67. The van der Waals surface area contributed by atoms with Gasteiger partial charge in [0, 0.05) is 16.4 Å². The summed E-state index contributed by atoms with van der Waals surface area (Å²) in [6.45, 7) is 0.276. The van der Waals surface area contributed by atoms with Gasteiger partial charge in [-0.15, -0.1) is 11.3 Å². The van der Waals surface area contributed by atoms with Crippen molar-refractivity contribution in [2.24, 2.45) is 0 Å². The summed E-state index contributed by atoms with van der Waals surface area (Å²) in [6, 6.07) is 14.7. The van der Waals surface area contributed by atoms with E-state index in [-0.39, 0.29) is 6.61 Å². The van der Waals surface area contributed by atoms with Crippen LogP contribution in [0.2, 0.25) is 0 Å². The lowest BCUT2D eigenvalue weighted by atomic mass is 10.2. The second-order valence-corrected chi connectivity index (χ2v) is 4.63. The van der Waals surface area contributed by atoms with Gasteiger partial charge in [0.15, 0.2) is 0 Å². The van der Waals surface area contributed by atoms with Gasteiger partial charge in [0.05, 0.1) is 0 Å². The van der Waals surface area contributed by atoms with E-state index in [1.807, 2.05) is 17.4 Å². The predicted octanol–water partition coefficient (Wildman–Crippen LogP) is 3.34. The predicted molar refractivity (Wildman–Crippen MR) is 65.2 cm³/mol. The highest BCUT2D eigenvalue weighted by molar-refractivity contribution is 7.15. The largest absolute Gasteiger partial charge is 0.396 e. The first-order valence-corrected chi connectivity index (χ1v) is 5.97. The molecule has 0 amide bonds. The van der Waals surface area contributed by atoms with Crippen molar-refractivity contribution in [2.45, 2.75) is 12.8 Å². The van der Waals surface area contributed by atoms with Gasteiger partial charge in [0.1, 0.15) is 0 Å². The molecule has 1 nitrogen and oxygen atoms in total. The molecule has 0 fully saturated rings. The molecule has 1 aromatic carbocycles. The Bertz CT molecular complexity index is 405. The monoisotopic (exact) mass is 218 g/mol. The van der Waals surface area contributed by atoms with Crippen LogP contribution in [0.1, 0.15) is 11.3 Å². The normalized spacial score (nSPS) is 10.5. The number of aryl methyl sites for hydroxylation is 1. The number of thiophene rings is 1. The molecule has 0 saturated heterocycles. The van der Waals surface area contributed by atoms with Gasteiger partial charge in [0.25, 0.3) is 0 Å². The molecule has 1 aromatic heterocycles. The van der Waals surface area contributed by atoms with Crippen molar-refractivity contribution in [1.29, 1.82) is 0 Å². The summed E-state index contributed by atoms with van der Waals surface area (Å²) in [4.78, 5) is 2.66. The van der Waals surface area contributed by atoms with E-state index >= 15 is 0 Å². The number of aliphatic hydroxyl groups is 1. The van der Waals surface area contributed by atoms with Crippen molar-refractivity contribution >= 4 is 11.3 Å². The molecule has 0 aliphatic heterocycles. The Kier molecular flexibility index (Phi) is 3.54. The Morgan fingerprint density at radius 1 is 1.00 bits per heavy atom. The van der Waals surface area contributed by atoms with Crippen molar-refractivity contribution in [2.75, 3.05) is 6.61 Å². The molecule has 0 unspecified atom stereocenters. The van der Waals surface area contributed by atoms with Crippen LogP contribution in [0.5, 0.6) is 0 Å². The smallest absolute Gasteiger partial charge is 0.0434 e. The molecule has 2 aromatic rings. The summed E-state index contributed by atoms with van der Waals surface area (Å²) < 4.78 is 0. The van der Waals surface area contributed by atoms with Crippen molar-refractivity contribution in [3.63, 3.8) is 0 Å². The minimum atomic E-state index is 0.276. The fourth-order valence-corrected chi connectivity index (χ4v) is 2.58. The topological polar surface area (TPSA) is 20.2 Å². The molecule has 0 radical (unpaired) electrons. The molecule has 0 aliphatic rings.